The summed E-state index contributed by atoms with van der Waals surface area (Å²) in [4.78, 5) is 8.15. The predicted molar refractivity (Wildman–Crippen MR) is 74.1 cm³/mol. The molecule has 0 radical (unpaired) electrons. The number of ether oxygens (including phenoxy) is 1. The van der Waals surface area contributed by atoms with Gasteiger partial charge >= 0.3 is 0 Å². The van der Waals surface area contributed by atoms with Crippen LogP contribution in [0.4, 0.5) is 5.95 Å². The fourth-order valence-corrected chi connectivity index (χ4v) is 2.25. The van der Waals surface area contributed by atoms with Crippen LogP contribution >= 0.6 is 15.9 Å². The van der Waals surface area contributed by atoms with Crippen molar-refractivity contribution in [1.82, 2.24) is 9.97 Å². The van der Waals surface area contributed by atoms with E-state index in [1.807, 2.05) is 0 Å². The Hall–Kier alpha value is -1.14. The van der Waals surface area contributed by atoms with Crippen molar-refractivity contribution in [3.63, 3.8) is 0 Å². The molecule has 0 bridgehead atoms. The van der Waals surface area contributed by atoms with E-state index in [0.717, 1.165) is 17.3 Å². The predicted octanol–water partition coefficient (Wildman–Crippen LogP) is 2.51. The SMILES string of the molecule is CC1CC=CCC1COc1nc(NN)ncc1Br. The molecule has 6 heteroatoms. The van der Waals surface area contributed by atoms with Crippen LogP contribution in [0.25, 0.3) is 0 Å². The Morgan fingerprint density at radius 1 is 1.50 bits per heavy atom. The van der Waals surface area contributed by atoms with Crippen LogP contribution in [0.5, 0.6) is 5.88 Å². The summed E-state index contributed by atoms with van der Waals surface area (Å²) in [6.07, 6.45) is 8.26. The maximum Gasteiger partial charge on any atom is 0.240 e. The zero-order valence-electron chi connectivity index (χ0n) is 10.3. The van der Waals surface area contributed by atoms with Crippen LogP contribution in [0, 0.1) is 11.8 Å². The van der Waals surface area contributed by atoms with Crippen LogP contribution in [-0.2, 0) is 0 Å². The number of nitrogen functional groups attached to an aromatic ring is 1. The lowest BCUT2D eigenvalue weighted by atomic mass is 9.85. The lowest BCUT2D eigenvalue weighted by Gasteiger charge is -2.25. The summed E-state index contributed by atoms with van der Waals surface area (Å²) in [5.74, 6) is 7.33. The number of nitrogens with zero attached hydrogens (tertiary/aromatic N) is 2. The number of hydrazine groups is 1. The lowest BCUT2D eigenvalue weighted by Crippen LogP contribution is -2.21. The van der Waals surface area contributed by atoms with Gasteiger partial charge in [0, 0.05) is 0 Å². The minimum Gasteiger partial charge on any atom is -0.476 e. The Bertz CT molecular complexity index is 438. The third kappa shape index (κ3) is 3.20. The number of hydrogen-bond acceptors (Lipinski definition) is 5. The minimum absolute atomic E-state index is 0.352. The van der Waals surface area contributed by atoms with Crippen molar-refractivity contribution in [1.29, 1.82) is 0 Å². The second-order valence-corrected chi connectivity index (χ2v) is 5.34. The Labute approximate surface area is 115 Å². The molecule has 0 fully saturated rings. The number of nitrogens with one attached hydrogen (secondary N) is 1. The average Bonchev–Trinajstić information content (AvgIpc) is 2.39. The highest BCUT2D eigenvalue weighted by atomic mass is 79.9. The van der Waals surface area contributed by atoms with Gasteiger partial charge in [-0.2, -0.15) is 4.98 Å². The van der Waals surface area contributed by atoms with Crippen molar-refractivity contribution in [2.24, 2.45) is 17.7 Å². The van der Waals surface area contributed by atoms with Crippen LogP contribution in [-0.4, -0.2) is 16.6 Å². The van der Waals surface area contributed by atoms with Gasteiger partial charge in [-0.05, 0) is 40.6 Å². The van der Waals surface area contributed by atoms with Gasteiger partial charge in [-0.3, -0.25) is 5.43 Å². The third-order valence-corrected chi connectivity index (χ3v) is 3.74. The zero-order valence-corrected chi connectivity index (χ0v) is 11.9. The molecule has 3 N–H and O–H groups in total. The molecule has 1 heterocycles. The van der Waals surface area contributed by atoms with Crippen LogP contribution in [0.3, 0.4) is 0 Å². The van der Waals surface area contributed by atoms with E-state index in [-0.39, 0.29) is 0 Å². The van der Waals surface area contributed by atoms with Crippen molar-refractivity contribution in [3.05, 3.63) is 22.8 Å². The van der Waals surface area contributed by atoms with Gasteiger partial charge in [0.1, 0.15) is 0 Å². The molecule has 0 saturated carbocycles. The lowest BCUT2D eigenvalue weighted by molar-refractivity contribution is 0.191. The van der Waals surface area contributed by atoms with Crippen LogP contribution in [0.2, 0.25) is 0 Å². The molecular weight excluding hydrogens is 296 g/mol. The van der Waals surface area contributed by atoms with E-state index in [1.54, 1.807) is 6.20 Å². The van der Waals surface area contributed by atoms with E-state index in [9.17, 15) is 0 Å². The van der Waals surface area contributed by atoms with Gasteiger partial charge in [-0.1, -0.05) is 19.1 Å². The monoisotopic (exact) mass is 312 g/mol. The Morgan fingerprint density at radius 2 is 2.28 bits per heavy atom. The van der Waals surface area contributed by atoms with E-state index in [2.05, 4.69) is 50.4 Å². The molecular formula is C12H17BrN4O. The molecule has 1 aliphatic rings. The second-order valence-electron chi connectivity index (χ2n) is 4.48. The standard InChI is InChI=1S/C12H17BrN4O/c1-8-4-2-3-5-9(8)7-18-11-10(13)6-15-12(16-11)17-14/h2-3,6,8-9H,4-5,7,14H2,1H3,(H,15,16,17). The molecule has 1 aromatic heterocycles. The number of anilines is 1. The fraction of sp³-hybridized carbons (Fsp3) is 0.500. The van der Waals surface area contributed by atoms with Crippen molar-refractivity contribution in [2.75, 3.05) is 12.0 Å². The molecule has 1 aliphatic carbocycles. The number of rotatable bonds is 4. The summed E-state index contributed by atoms with van der Waals surface area (Å²) in [5, 5.41) is 0. The smallest absolute Gasteiger partial charge is 0.240 e. The first-order valence-electron chi connectivity index (χ1n) is 5.97. The normalized spacial score (nSPS) is 22.8. The molecule has 2 unspecified atom stereocenters. The van der Waals surface area contributed by atoms with Gasteiger partial charge in [0.05, 0.1) is 17.3 Å². The minimum atomic E-state index is 0.352. The van der Waals surface area contributed by atoms with E-state index >= 15 is 0 Å². The first kappa shape index (κ1) is 13.3. The van der Waals surface area contributed by atoms with E-state index in [0.29, 0.717) is 30.3 Å². The number of hydrogen-bond donors (Lipinski definition) is 2. The van der Waals surface area contributed by atoms with Crippen molar-refractivity contribution in [3.8, 4) is 5.88 Å². The molecule has 0 saturated heterocycles. The quantitative estimate of drug-likeness (QED) is 0.507. The second kappa shape index (κ2) is 6.15. The van der Waals surface area contributed by atoms with Gasteiger partial charge in [0.15, 0.2) is 0 Å². The van der Waals surface area contributed by atoms with Gasteiger partial charge in [0.2, 0.25) is 11.8 Å². The molecule has 98 valence electrons. The highest BCUT2D eigenvalue weighted by Crippen LogP contribution is 2.28. The van der Waals surface area contributed by atoms with E-state index in [1.165, 1.54) is 0 Å². The summed E-state index contributed by atoms with van der Waals surface area (Å²) >= 11 is 3.37. The van der Waals surface area contributed by atoms with Gasteiger partial charge < -0.3 is 4.74 Å². The number of allylic oxidation sites excluding steroid dienone is 2. The van der Waals surface area contributed by atoms with Crippen LogP contribution in [0.15, 0.2) is 22.8 Å². The van der Waals surface area contributed by atoms with Gasteiger partial charge in [-0.25, -0.2) is 10.8 Å². The van der Waals surface area contributed by atoms with Crippen molar-refractivity contribution in [2.45, 2.75) is 19.8 Å². The number of halogens is 1. The van der Waals surface area contributed by atoms with Gasteiger partial charge in [-0.15, -0.1) is 0 Å². The molecule has 0 spiro atoms. The fourth-order valence-electron chi connectivity index (χ4n) is 1.95. The van der Waals surface area contributed by atoms with Gasteiger partial charge in [0.25, 0.3) is 0 Å². The molecule has 0 amide bonds. The molecule has 2 rings (SSSR count). The highest BCUT2D eigenvalue weighted by Gasteiger charge is 2.19. The first-order chi connectivity index (χ1) is 8.70. The third-order valence-electron chi connectivity index (χ3n) is 3.19. The summed E-state index contributed by atoms with van der Waals surface area (Å²) in [7, 11) is 0. The van der Waals surface area contributed by atoms with Crippen LogP contribution < -0.4 is 16.0 Å². The number of nitrogens with two attached hydrogens (primary N) is 1. The molecule has 2 atom stereocenters. The molecule has 0 aliphatic heterocycles. The highest BCUT2D eigenvalue weighted by molar-refractivity contribution is 9.10. The number of aromatic nitrogens is 2. The maximum absolute atomic E-state index is 5.76. The van der Waals surface area contributed by atoms with E-state index in [4.69, 9.17) is 10.6 Å². The summed E-state index contributed by atoms with van der Waals surface area (Å²) in [5.41, 5.74) is 2.41. The summed E-state index contributed by atoms with van der Waals surface area (Å²) in [6.45, 7) is 2.91. The molecule has 18 heavy (non-hydrogen) atoms. The molecule has 1 aromatic rings. The van der Waals surface area contributed by atoms with E-state index < -0.39 is 0 Å². The Kier molecular flexibility index (Phi) is 4.54. The Balaban J connectivity index is 1.99. The van der Waals surface area contributed by atoms with Crippen LogP contribution in [0.1, 0.15) is 19.8 Å². The Morgan fingerprint density at radius 3 is 3.00 bits per heavy atom. The van der Waals surface area contributed by atoms with Crippen molar-refractivity contribution < 1.29 is 4.74 Å². The zero-order chi connectivity index (χ0) is 13.0. The summed E-state index contributed by atoms with van der Waals surface area (Å²) < 4.78 is 6.50. The first-order valence-corrected chi connectivity index (χ1v) is 6.77. The molecule has 5 nitrogen and oxygen atoms in total. The maximum atomic E-state index is 5.76. The molecule has 0 aromatic carbocycles. The largest absolute Gasteiger partial charge is 0.476 e. The van der Waals surface area contributed by atoms with Crippen molar-refractivity contribution >= 4 is 21.9 Å². The topological polar surface area (TPSA) is 73.1 Å². The average molecular weight is 313 g/mol. The summed E-state index contributed by atoms with van der Waals surface area (Å²) in [6, 6.07) is 0.